The van der Waals surface area contributed by atoms with Crippen molar-refractivity contribution in [2.75, 3.05) is 13.1 Å². The van der Waals surface area contributed by atoms with Crippen LogP contribution in [0.5, 0.6) is 5.75 Å². The normalized spacial score (nSPS) is 23.0. The lowest BCUT2D eigenvalue weighted by atomic mass is 10.2. The highest BCUT2D eigenvalue weighted by Gasteiger charge is 2.34. The second kappa shape index (κ2) is 7.11. The van der Waals surface area contributed by atoms with Gasteiger partial charge in [-0.2, -0.15) is 0 Å². The van der Waals surface area contributed by atoms with E-state index in [1.165, 1.54) is 4.90 Å². The van der Waals surface area contributed by atoms with Gasteiger partial charge in [-0.25, -0.2) is 4.79 Å². The third kappa shape index (κ3) is 4.20. The van der Waals surface area contributed by atoms with E-state index in [9.17, 15) is 9.59 Å². The standard InChI is InChI=1S/C15H18BrNO5/c1-9-7-17(8-13(21-9)15(19)20)14(18)10(2)22-12-5-3-4-11(16)6-12/h3-6,9-10,13H,7-8H2,1-2H3,(H,19,20)/t9-,10?,13?/m1/s1. The molecule has 2 rings (SSSR count). The van der Waals surface area contributed by atoms with Gasteiger partial charge in [-0.1, -0.05) is 22.0 Å². The van der Waals surface area contributed by atoms with Gasteiger partial charge in [0.05, 0.1) is 12.6 Å². The number of hydrogen-bond acceptors (Lipinski definition) is 4. The van der Waals surface area contributed by atoms with E-state index in [1.807, 2.05) is 12.1 Å². The summed E-state index contributed by atoms with van der Waals surface area (Å²) in [5.41, 5.74) is 0. The Morgan fingerprint density at radius 2 is 2.18 bits per heavy atom. The number of carboxylic acid groups (broad SMARTS) is 1. The van der Waals surface area contributed by atoms with Crippen LogP contribution in [0.25, 0.3) is 0 Å². The van der Waals surface area contributed by atoms with Gasteiger partial charge >= 0.3 is 5.97 Å². The third-order valence-electron chi connectivity index (χ3n) is 3.30. The topological polar surface area (TPSA) is 76.1 Å². The Labute approximate surface area is 137 Å². The average molecular weight is 372 g/mol. The van der Waals surface area contributed by atoms with E-state index < -0.39 is 18.2 Å². The van der Waals surface area contributed by atoms with Crippen molar-refractivity contribution in [1.82, 2.24) is 4.90 Å². The molecule has 1 amide bonds. The molecule has 0 radical (unpaired) electrons. The number of carbonyl (C=O) groups is 2. The first-order valence-electron chi connectivity index (χ1n) is 6.96. The Balaban J connectivity index is 2.01. The lowest BCUT2D eigenvalue weighted by Gasteiger charge is -2.36. The maximum atomic E-state index is 12.4. The largest absolute Gasteiger partial charge is 0.481 e. The lowest BCUT2D eigenvalue weighted by molar-refractivity contribution is -0.168. The Kier molecular flexibility index (Phi) is 5.42. The van der Waals surface area contributed by atoms with Crippen LogP contribution < -0.4 is 4.74 Å². The zero-order valence-electron chi connectivity index (χ0n) is 12.4. The lowest BCUT2D eigenvalue weighted by Crippen LogP contribution is -2.54. The maximum absolute atomic E-state index is 12.4. The predicted octanol–water partition coefficient (Wildman–Crippen LogP) is 1.92. The number of ether oxygens (including phenoxy) is 2. The SMILES string of the molecule is CC(Oc1cccc(Br)c1)C(=O)N1CC(C(=O)O)O[C@H](C)C1. The number of carbonyl (C=O) groups excluding carboxylic acids is 1. The minimum atomic E-state index is -1.06. The monoisotopic (exact) mass is 371 g/mol. The summed E-state index contributed by atoms with van der Waals surface area (Å²) in [7, 11) is 0. The van der Waals surface area contributed by atoms with Crippen molar-refractivity contribution in [2.45, 2.75) is 32.2 Å². The zero-order chi connectivity index (χ0) is 16.3. The van der Waals surface area contributed by atoms with E-state index in [2.05, 4.69) is 15.9 Å². The number of nitrogens with zero attached hydrogens (tertiary/aromatic N) is 1. The van der Waals surface area contributed by atoms with E-state index in [0.717, 1.165) is 4.47 Å². The number of rotatable bonds is 4. The molecule has 1 aromatic rings. The second-order valence-corrected chi connectivity index (χ2v) is 6.15. The fourth-order valence-electron chi connectivity index (χ4n) is 2.32. The molecule has 7 heteroatoms. The fourth-order valence-corrected chi connectivity index (χ4v) is 2.70. The molecule has 120 valence electrons. The predicted molar refractivity (Wildman–Crippen MR) is 82.8 cm³/mol. The van der Waals surface area contributed by atoms with Gasteiger partial charge in [-0.3, -0.25) is 4.79 Å². The minimum Gasteiger partial charge on any atom is -0.481 e. The summed E-state index contributed by atoms with van der Waals surface area (Å²) in [6, 6.07) is 7.21. The highest BCUT2D eigenvalue weighted by atomic mass is 79.9. The molecule has 0 aromatic heterocycles. The molecule has 1 saturated heterocycles. The Morgan fingerprint density at radius 3 is 2.82 bits per heavy atom. The van der Waals surface area contributed by atoms with Gasteiger partial charge in [-0.15, -0.1) is 0 Å². The van der Waals surface area contributed by atoms with Crippen LogP contribution in [0, 0.1) is 0 Å². The Morgan fingerprint density at radius 1 is 1.45 bits per heavy atom. The van der Waals surface area contributed by atoms with E-state index in [4.69, 9.17) is 14.6 Å². The number of morpholine rings is 1. The molecule has 6 nitrogen and oxygen atoms in total. The van der Waals surface area contributed by atoms with E-state index in [0.29, 0.717) is 12.3 Å². The first-order valence-corrected chi connectivity index (χ1v) is 7.75. The van der Waals surface area contributed by atoms with Crippen LogP contribution in [-0.4, -0.2) is 53.3 Å². The number of amides is 1. The zero-order valence-corrected chi connectivity index (χ0v) is 13.9. The van der Waals surface area contributed by atoms with Crippen LogP contribution in [0.15, 0.2) is 28.7 Å². The summed E-state index contributed by atoms with van der Waals surface area (Å²) in [5, 5.41) is 9.06. The summed E-state index contributed by atoms with van der Waals surface area (Å²) in [6.45, 7) is 3.79. The van der Waals surface area contributed by atoms with Crippen molar-refractivity contribution in [1.29, 1.82) is 0 Å². The molecule has 1 heterocycles. The number of halogens is 1. The van der Waals surface area contributed by atoms with Crippen LogP contribution in [-0.2, 0) is 14.3 Å². The second-order valence-electron chi connectivity index (χ2n) is 5.23. The molecule has 1 aliphatic heterocycles. The molecule has 1 aromatic carbocycles. The molecule has 1 fully saturated rings. The molecule has 0 bridgehead atoms. The van der Waals surface area contributed by atoms with Crippen molar-refractivity contribution in [3.05, 3.63) is 28.7 Å². The first-order chi connectivity index (χ1) is 10.4. The van der Waals surface area contributed by atoms with Crippen molar-refractivity contribution in [3.63, 3.8) is 0 Å². The Bertz CT molecular complexity index is 565. The van der Waals surface area contributed by atoms with Crippen LogP contribution >= 0.6 is 15.9 Å². The van der Waals surface area contributed by atoms with Crippen molar-refractivity contribution < 1.29 is 24.2 Å². The van der Waals surface area contributed by atoms with Gasteiger partial charge < -0.3 is 19.5 Å². The molecule has 0 spiro atoms. The van der Waals surface area contributed by atoms with E-state index in [1.54, 1.807) is 26.0 Å². The molecular formula is C15H18BrNO5. The van der Waals surface area contributed by atoms with Crippen LogP contribution in [0.2, 0.25) is 0 Å². The number of aliphatic carboxylic acids is 1. The Hall–Kier alpha value is -1.60. The van der Waals surface area contributed by atoms with Crippen molar-refractivity contribution in [3.8, 4) is 5.75 Å². The minimum absolute atomic E-state index is 0.0324. The quantitative estimate of drug-likeness (QED) is 0.874. The summed E-state index contributed by atoms with van der Waals surface area (Å²) in [5.74, 6) is -0.738. The molecular weight excluding hydrogens is 354 g/mol. The van der Waals surface area contributed by atoms with Gasteiger partial charge in [0, 0.05) is 11.0 Å². The average Bonchev–Trinajstić information content (AvgIpc) is 2.45. The smallest absolute Gasteiger partial charge is 0.334 e. The molecule has 0 aliphatic carbocycles. The highest BCUT2D eigenvalue weighted by molar-refractivity contribution is 9.10. The number of hydrogen-bond donors (Lipinski definition) is 1. The van der Waals surface area contributed by atoms with E-state index >= 15 is 0 Å². The fraction of sp³-hybridized carbons (Fsp3) is 0.467. The van der Waals surface area contributed by atoms with Gasteiger partial charge in [0.15, 0.2) is 12.2 Å². The third-order valence-corrected chi connectivity index (χ3v) is 3.80. The summed E-state index contributed by atoms with van der Waals surface area (Å²) in [6.07, 6.45) is -2.02. The summed E-state index contributed by atoms with van der Waals surface area (Å²) in [4.78, 5) is 25.0. The molecule has 2 unspecified atom stereocenters. The van der Waals surface area contributed by atoms with Crippen LogP contribution in [0.1, 0.15) is 13.8 Å². The molecule has 1 aliphatic rings. The number of carboxylic acids is 1. The molecule has 1 N–H and O–H groups in total. The van der Waals surface area contributed by atoms with Crippen LogP contribution in [0.4, 0.5) is 0 Å². The van der Waals surface area contributed by atoms with E-state index in [-0.39, 0.29) is 18.6 Å². The number of benzene rings is 1. The van der Waals surface area contributed by atoms with Gasteiger partial charge in [0.25, 0.3) is 5.91 Å². The van der Waals surface area contributed by atoms with Gasteiger partial charge in [-0.05, 0) is 32.0 Å². The first kappa shape index (κ1) is 16.8. The van der Waals surface area contributed by atoms with Crippen molar-refractivity contribution in [2.24, 2.45) is 0 Å². The van der Waals surface area contributed by atoms with Gasteiger partial charge in [0.1, 0.15) is 5.75 Å². The summed E-state index contributed by atoms with van der Waals surface area (Å²) < 4.78 is 11.8. The van der Waals surface area contributed by atoms with Gasteiger partial charge in [0.2, 0.25) is 0 Å². The van der Waals surface area contributed by atoms with Crippen molar-refractivity contribution >= 4 is 27.8 Å². The highest BCUT2D eigenvalue weighted by Crippen LogP contribution is 2.20. The summed E-state index contributed by atoms with van der Waals surface area (Å²) >= 11 is 3.34. The molecule has 3 atom stereocenters. The maximum Gasteiger partial charge on any atom is 0.334 e. The van der Waals surface area contributed by atoms with Crippen LogP contribution in [0.3, 0.4) is 0 Å². The molecule has 22 heavy (non-hydrogen) atoms. The molecule has 0 saturated carbocycles.